The maximum absolute atomic E-state index is 12.7. The van der Waals surface area contributed by atoms with Crippen LogP contribution in [0.15, 0.2) is 41.2 Å². The smallest absolute Gasteiger partial charge is 0.344 e. The lowest BCUT2D eigenvalue weighted by Crippen LogP contribution is -2.33. The number of amides is 1. The lowest BCUT2D eigenvalue weighted by Gasteiger charge is -2.21. The molecule has 1 amide bonds. The zero-order valence-corrected chi connectivity index (χ0v) is 16.0. The molecule has 0 saturated heterocycles. The molecule has 6 nitrogen and oxygen atoms in total. The fraction of sp³-hybridized carbons (Fsp3) is 0.450. The van der Waals surface area contributed by atoms with E-state index in [2.05, 4.69) is 34.0 Å². The number of carbonyl (C=O) groups is 1. The molecule has 2 rings (SSSR count). The molecule has 0 spiro atoms. The van der Waals surface area contributed by atoms with Gasteiger partial charge in [0.05, 0.1) is 6.04 Å². The zero-order chi connectivity index (χ0) is 19.1. The number of aromatic amines is 1. The average Bonchev–Trinajstić information content (AvgIpc) is 2.57. The molecular weight excluding hydrogens is 328 g/mol. The van der Waals surface area contributed by atoms with Crippen molar-refractivity contribution >= 4 is 5.91 Å². The molecule has 1 aromatic carbocycles. The van der Waals surface area contributed by atoms with E-state index in [1.807, 2.05) is 44.4 Å². The van der Waals surface area contributed by atoms with Gasteiger partial charge in [0.2, 0.25) is 0 Å². The summed E-state index contributed by atoms with van der Waals surface area (Å²) >= 11 is 0. The lowest BCUT2D eigenvalue weighted by atomic mass is 10.0. The molecule has 0 bridgehead atoms. The van der Waals surface area contributed by atoms with Gasteiger partial charge in [-0.1, -0.05) is 44.2 Å². The molecule has 0 fully saturated rings. The lowest BCUT2D eigenvalue weighted by molar-refractivity contribution is 0.0927. The molecule has 0 aliphatic rings. The van der Waals surface area contributed by atoms with Crippen molar-refractivity contribution in [3.05, 3.63) is 63.8 Å². The fourth-order valence-corrected chi connectivity index (χ4v) is 2.80. The summed E-state index contributed by atoms with van der Waals surface area (Å²) in [4.78, 5) is 33.2. The number of hydrogen-bond donors (Lipinski definition) is 2. The van der Waals surface area contributed by atoms with E-state index in [0.717, 1.165) is 24.2 Å². The number of aromatic nitrogens is 2. The highest BCUT2D eigenvalue weighted by atomic mass is 16.2. The van der Waals surface area contributed by atoms with E-state index in [4.69, 9.17) is 0 Å². The van der Waals surface area contributed by atoms with Gasteiger partial charge in [-0.2, -0.15) is 4.98 Å². The summed E-state index contributed by atoms with van der Waals surface area (Å²) in [6.07, 6.45) is 1.46. The highest BCUT2D eigenvalue weighted by molar-refractivity contribution is 5.92. The third-order valence-electron chi connectivity index (χ3n) is 4.03. The molecule has 140 valence electrons. The van der Waals surface area contributed by atoms with E-state index >= 15 is 0 Å². The summed E-state index contributed by atoms with van der Waals surface area (Å²) in [5.41, 5.74) is 1.44. The first kappa shape index (κ1) is 19.8. The van der Waals surface area contributed by atoms with Crippen molar-refractivity contribution in [1.82, 2.24) is 20.2 Å². The van der Waals surface area contributed by atoms with Crippen molar-refractivity contribution in [2.24, 2.45) is 5.92 Å². The Kier molecular flexibility index (Phi) is 7.09. The van der Waals surface area contributed by atoms with Gasteiger partial charge in [0, 0.05) is 5.69 Å². The second kappa shape index (κ2) is 9.29. The van der Waals surface area contributed by atoms with Crippen molar-refractivity contribution in [3.8, 4) is 0 Å². The van der Waals surface area contributed by atoms with Crippen LogP contribution in [0.25, 0.3) is 0 Å². The molecular formula is C20H28N4O2. The highest BCUT2D eigenvalue weighted by Gasteiger charge is 2.18. The Balaban J connectivity index is 2.21. The predicted molar refractivity (Wildman–Crippen MR) is 103 cm³/mol. The van der Waals surface area contributed by atoms with Gasteiger partial charge in [-0.25, -0.2) is 4.79 Å². The topological polar surface area (TPSA) is 78.1 Å². The monoisotopic (exact) mass is 356 g/mol. The van der Waals surface area contributed by atoms with Crippen LogP contribution in [-0.4, -0.2) is 41.4 Å². The van der Waals surface area contributed by atoms with Crippen LogP contribution in [0, 0.1) is 5.92 Å². The van der Waals surface area contributed by atoms with Crippen LogP contribution < -0.4 is 11.0 Å². The molecule has 0 saturated carbocycles. The van der Waals surface area contributed by atoms with Crippen LogP contribution in [0.1, 0.15) is 48.1 Å². The van der Waals surface area contributed by atoms with Gasteiger partial charge < -0.3 is 15.2 Å². The Morgan fingerprint density at radius 2 is 1.92 bits per heavy atom. The third kappa shape index (κ3) is 6.11. The molecule has 0 radical (unpaired) electrons. The summed E-state index contributed by atoms with van der Waals surface area (Å²) in [6.45, 7) is 4.96. The van der Waals surface area contributed by atoms with Crippen molar-refractivity contribution in [1.29, 1.82) is 0 Å². The van der Waals surface area contributed by atoms with E-state index in [1.54, 1.807) is 6.07 Å². The number of carbonyl (C=O) groups excluding carboxylic acids is 1. The fourth-order valence-electron chi connectivity index (χ4n) is 2.80. The van der Waals surface area contributed by atoms with E-state index in [-0.39, 0.29) is 17.6 Å². The third-order valence-corrected chi connectivity index (χ3v) is 4.03. The normalized spacial score (nSPS) is 12.4. The summed E-state index contributed by atoms with van der Waals surface area (Å²) in [5.74, 6) is 0.0508. The maximum Gasteiger partial charge on any atom is 0.345 e. The quantitative estimate of drug-likeness (QED) is 0.761. The maximum atomic E-state index is 12.7. The first-order valence-corrected chi connectivity index (χ1v) is 8.96. The molecule has 0 unspecified atom stereocenters. The van der Waals surface area contributed by atoms with Crippen LogP contribution in [0.3, 0.4) is 0 Å². The number of rotatable bonds is 8. The van der Waals surface area contributed by atoms with Crippen LogP contribution in [-0.2, 0) is 6.42 Å². The molecule has 2 aromatic rings. The summed E-state index contributed by atoms with van der Waals surface area (Å²) in [6, 6.07) is 11.4. The Labute approximate surface area is 154 Å². The minimum absolute atomic E-state index is 0.138. The molecule has 2 N–H and O–H groups in total. The van der Waals surface area contributed by atoms with Crippen molar-refractivity contribution in [3.63, 3.8) is 0 Å². The highest BCUT2D eigenvalue weighted by Crippen LogP contribution is 2.17. The zero-order valence-electron chi connectivity index (χ0n) is 16.0. The number of hydrogen-bond acceptors (Lipinski definition) is 4. The number of benzene rings is 1. The van der Waals surface area contributed by atoms with Gasteiger partial charge in [-0.15, -0.1) is 0 Å². The van der Waals surface area contributed by atoms with Crippen molar-refractivity contribution in [2.75, 3.05) is 20.6 Å². The Morgan fingerprint density at radius 1 is 1.23 bits per heavy atom. The van der Waals surface area contributed by atoms with Crippen LogP contribution >= 0.6 is 0 Å². The molecule has 1 heterocycles. The second-order valence-corrected chi connectivity index (χ2v) is 7.22. The minimum Gasteiger partial charge on any atom is -0.344 e. The SMILES string of the molecule is CC(C)Cc1cc(C(=O)N[C@H](CCN(C)C)c2ccccc2)nc(=O)[nH]1. The predicted octanol–water partition coefficient (Wildman–Crippen LogP) is 2.39. The van der Waals surface area contributed by atoms with Gasteiger partial charge in [0.15, 0.2) is 0 Å². The number of nitrogens with zero attached hydrogens (tertiary/aromatic N) is 2. The number of nitrogens with one attached hydrogen (secondary N) is 2. The van der Waals surface area contributed by atoms with Crippen LogP contribution in [0.2, 0.25) is 0 Å². The standard InChI is InChI=1S/C20H28N4O2/c1-14(2)12-16-13-18(23-20(26)21-16)19(25)22-17(10-11-24(3)4)15-8-6-5-7-9-15/h5-9,13-14,17H,10-12H2,1-4H3,(H,22,25)(H,21,23,26)/t17-/m1/s1. The molecule has 0 aliphatic heterocycles. The van der Waals surface area contributed by atoms with Gasteiger partial charge in [-0.3, -0.25) is 4.79 Å². The second-order valence-electron chi connectivity index (χ2n) is 7.22. The number of H-pyrrole nitrogens is 1. The molecule has 1 atom stereocenters. The Morgan fingerprint density at radius 3 is 2.54 bits per heavy atom. The molecule has 0 aliphatic carbocycles. The van der Waals surface area contributed by atoms with E-state index in [0.29, 0.717) is 12.3 Å². The summed E-state index contributed by atoms with van der Waals surface area (Å²) in [5, 5.41) is 3.03. The first-order chi connectivity index (χ1) is 12.3. The van der Waals surface area contributed by atoms with E-state index < -0.39 is 5.69 Å². The summed E-state index contributed by atoms with van der Waals surface area (Å²) < 4.78 is 0. The minimum atomic E-state index is -0.488. The molecule has 1 aromatic heterocycles. The Hall–Kier alpha value is -2.47. The molecule has 6 heteroatoms. The van der Waals surface area contributed by atoms with Gasteiger partial charge >= 0.3 is 5.69 Å². The summed E-state index contributed by atoms with van der Waals surface area (Å²) in [7, 11) is 4.00. The van der Waals surface area contributed by atoms with Gasteiger partial charge in [-0.05, 0) is 51.0 Å². The van der Waals surface area contributed by atoms with Gasteiger partial charge in [0.25, 0.3) is 5.91 Å². The van der Waals surface area contributed by atoms with Crippen LogP contribution in [0.5, 0.6) is 0 Å². The largest absolute Gasteiger partial charge is 0.345 e. The van der Waals surface area contributed by atoms with Crippen molar-refractivity contribution in [2.45, 2.75) is 32.7 Å². The van der Waals surface area contributed by atoms with Crippen molar-refractivity contribution < 1.29 is 4.79 Å². The molecule has 26 heavy (non-hydrogen) atoms. The van der Waals surface area contributed by atoms with E-state index in [9.17, 15) is 9.59 Å². The first-order valence-electron chi connectivity index (χ1n) is 8.96. The van der Waals surface area contributed by atoms with Crippen LogP contribution in [0.4, 0.5) is 0 Å². The van der Waals surface area contributed by atoms with E-state index in [1.165, 1.54) is 0 Å². The Bertz CT molecular complexity index is 769. The average molecular weight is 356 g/mol. The van der Waals surface area contributed by atoms with Gasteiger partial charge in [0.1, 0.15) is 5.69 Å².